The fraction of sp³-hybridized carbons (Fsp3) is 0.182. The van der Waals surface area contributed by atoms with Crippen molar-refractivity contribution in [1.29, 1.82) is 0 Å². The highest BCUT2D eigenvalue weighted by atomic mass is 127. The molecule has 0 aliphatic carbocycles. The van der Waals surface area contributed by atoms with Crippen LogP contribution in [0, 0.1) is 0 Å². The van der Waals surface area contributed by atoms with Gasteiger partial charge in [-0.1, -0.05) is 54.6 Å². The van der Waals surface area contributed by atoms with Gasteiger partial charge in [-0.3, -0.25) is 0 Å². The lowest BCUT2D eigenvalue weighted by Crippen LogP contribution is -3.00. The van der Waals surface area contributed by atoms with Gasteiger partial charge >= 0.3 is 0 Å². The summed E-state index contributed by atoms with van der Waals surface area (Å²) in [6, 6.07) is 32.4. The van der Waals surface area contributed by atoms with Gasteiger partial charge in [0.15, 0.2) is 0 Å². The largest absolute Gasteiger partial charge is 1.00 e. The minimum absolute atomic E-state index is 0. The second kappa shape index (κ2) is 9.47. The lowest BCUT2D eigenvalue weighted by atomic mass is 10.3. The van der Waals surface area contributed by atoms with Crippen molar-refractivity contribution < 1.29 is 29.1 Å². The Hall–Kier alpha value is -1.22. The zero-order valence-corrected chi connectivity index (χ0v) is 17.5. The molecule has 25 heavy (non-hydrogen) atoms. The molecule has 3 aromatic rings. The summed E-state index contributed by atoms with van der Waals surface area (Å²) in [6.07, 6.45) is 1.48. The quantitative estimate of drug-likeness (QED) is 0.424. The van der Waals surface area contributed by atoms with Crippen LogP contribution in [0.3, 0.4) is 0 Å². The average Bonchev–Trinajstić information content (AvgIpc) is 2.65. The van der Waals surface area contributed by atoms with Crippen molar-refractivity contribution in [3.05, 3.63) is 91.0 Å². The molecule has 0 heterocycles. The van der Waals surface area contributed by atoms with E-state index in [1.165, 1.54) is 15.9 Å². The van der Waals surface area contributed by atoms with Crippen LogP contribution in [-0.4, -0.2) is 17.4 Å². The molecule has 0 aliphatic rings. The van der Waals surface area contributed by atoms with Crippen molar-refractivity contribution in [2.24, 2.45) is 0 Å². The summed E-state index contributed by atoms with van der Waals surface area (Å²) >= 11 is 0. The van der Waals surface area contributed by atoms with Crippen LogP contribution in [0.2, 0.25) is 0 Å². The molecule has 0 radical (unpaired) electrons. The number of rotatable bonds is 6. The summed E-state index contributed by atoms with van der Waals surface area (Å²) < 4.78 is 0. The van der Waals surface area contributed by atoms with Gasteiger partial charge in [-0.25, -0.2) is 0 Å². The van der Waals surface area contributed by atoms with E-state index in [1.54, 1.807) is 0 Å². The summed E-state index contributed by atoms with van der Waals surface area (Å²) in [7, 11) is -1.77. The predicted molar refractivity (Wildman–Crippen MR) is 106 cm³/mol. The normalized spacial score (nSPS) is 12.2. The summed E-state index contributed by atoms with van der Waals surface area (Å²) in [5, 5.41) is 14.1. The molecule has 0 aromatic heterocycles. The molecule has 1 atom stereocenters. The molecule has 130 valence electrons. The Kier molecular flexibility index (Phi) is 7.61. The fourth-order valence-corrected chi connectivity index (χ4v) is 7.74. The molecule has 0 saturated carbocycles. The van der Waals surface area contributed by atoms with E-state index in [4.69, 9.17) is 0 Å². The highest BCUT2D eigenvalue weighted by Crippen LogP contribution is 2.55. The lowest BCUT2D eigenvalue weighted by molar-refractivity contribution is -0.00000698. The fourth-order valence-electron chi connectivity index (χ4n) is 3.26. The van der Waals surface area contributed by atoms with Gasteiger partial charge < -0.3 is 29.1 Å². The first kappa shape index (κ1) is 20.1. The van der Waals surface area contributed by atoms with E-state index in [2.05, 4.69) is 91.0 Å². The van der Waals surface area contributed by atoms with E-state index in [9.17, 15) is 5.11 Å². The minimum Gasteiger partial charge on any atom is -1.00 e. The maximum absolute atomic E-state index is 9.97. The second-order valence-electron chi connectivity index (χ2n) is 6.18. The molecule has 3 rings (SSSR count). The van der Waals surface area contributed by atoms with Crippen LogP contribution < -0.4 is 39.9 Å². The van der Waals surface area contributed by atoms with E-state index in [-0.39, 0.29) is 30.1 Å². The Morgan fingerprint density at radius 2 is 1.00 bits per heavy atom. The molecule has 0 spiro atoms. The summed E-state index contributed by atoms with van der Waals surface area (Å²) in [5.74, 6) is 0. The molecule has 1 N–H and O–H groups in total. The standard InChI is InChI=1S/C22H24OP.HI/c1-19(23)17-18-24(20-11-5-2-6-12-20,21-13-7-3-8-14-21)22-15-9-4-10-16-22;/h2-16,19,23H,17-18H2,1H3;1H/q+1;/p-1/t19-;/m1./s1. The van der Waals surface area contributed by atoms with Crippen molar-refractivity contribution in [1.82, 2.24) is 0 Å². The highest BCUT2D eigenvalue weighted by molar-refractivity contribution is 7.95. The third kappa shape index (κ3) is 4.49. The van der Waals surface area contributed by atoms with Crippen molar-refractivity contribution in [3.63, 3.8) is 0 Å². The molecular formula is C22H24IOP. The van der Waals surface area contributed by atoms with E-state index in [0.717, 1.165) is 12.6 Å². The van der Waals surface area contributed by atoms with E-state index >= 15 is 0 Å². The van der Waals surface area contributed by atoms with Crippen molar-refractivity contribution in [2.45, 2.75) is 19.4 Å². The number of hydrogen-bond donors (Lipinski definition) is 1. The van der Waals surface area contributed by atoms with Gasteiger partial charge in [0, 0.05) is 6.42 Å². The number of aliphatic hydroxyl groups excluding tert-OH is 1. The van der Waals surface area contributed by atoms with Gasteiger partial charge in [-0.05, 0) is 43.3 Å². The SMILES string of the molecule is C[C@@H](O)CC[P+](c1ccccc1)(c1ccccc1)c1ccccc1.[I-]. The Labute approximate surface area is 168 Å². The monoisotopic (exact) mass is 462 g/mol. The molecule has 0 saturated heterocycles. The Morgan fingerprint density at radius 3 is 1.28 bits per heavy atom. The van der Waals surface area contributed by atoms with Crippen LogP contribution in [0.5, 0.6) is 0 Å². The first-order valence-electron chi connectivity index (χ1n) is 8.46. The van der Waals surface area contributed by atoms with Crippen LogP contribution in [0.1, 0.15) is 13.3 Å². The molecule has 3 aromatic carbocycles. The molecule has 0 bridgehead atoms. The summed E-state index contributed by atoms with van der Waals surface area (Å²) in [6.45, 7) is 1.88. The van der Waals surface area contributed by atoms with E-state index < -0.39 is 7.26 Å². The predicted octanol–water partition coefficient (Wildman–Crippen LogP) is 0.755. The topological polar surface area (TPSA) is 20.2 Å². The van der Waals surface area contributed by atoms with Crippen LogP contribution >= 0.6 is 7.26 Å². The smallest absolute Gasteiger partial charge is 0.112 e. The lowest BCUT2D eigenvalue weighted by Gasteiger charge is -2.28. The summed E-state index contributed by atoms with van der Waals surface area (Å²) in [4.78, 5) is 0. The van der Waals surface area contributed by atoms with Gasteiger partial charge in [0.1, 0.15) is 23.2 Å². The number of benzene rings is 3. The van der Waals surface area contributed by atoms with Gasteiger partial charge in [0.2, 0.25) is 0 Å². The molecule has 0 amide bonds. The van der Waals surface area contributed by atoms with Crippen molar-refractivity contribution >= 4 is 23.2 Å². The van der Waals surface area contributed by atoms with Crippen LogP contribution in [-0.2, 0) is 0 Å². The summed E-state index contributed by atoms with van der Waals surface area (Å²) in [5.41, 5.74) is 0. The van der Waals surface area contributed by atoms with Crippen LogP contribution in [0.25, 0.3) is 0 Å². The Morgan fingerprint density at radius 1 is 0.680 bits per heavy atom. The molecule has 3 heteroatoms. The van der Waals surface area contributed by atoms with Crippen LogP contribution in [0.4, 0.5) is 0 Å². The third-order valence-corrected chi connectivity index (χ3v) is 8.94. The van der Waals surface area contributed by atoms with Gasteiger partial charge in [0.25, 0.3) is 0 Å². The second-order valence-corrected chi connectivity index (χ2v) is 9.79. The molecule has 0 fully saturated rings. The molecular weight excluding hydrogens is 438 g/mol. The number of hydrogen-bond acceptors (Lipinski definition) is 1. The average molecular weight is 462 g/mol. The molecule has 1 nitrogen and oxygen atoms in total. The zero-order chi connectivity index (χ0) is 16.8. The minimum atomic E-state index is -1.77. The van der Waals surface area contributed by atoms with Gasteiger partial charge in [-0.15, -0.1) is 0 Å². The van der Waals surface area contributed by atoms with E-state index in [0.29, 0.717) is 0 Å². The first-order valence-corrected chi connectivity index (χ1v) is 10.4. The molecule has 0 aliphatic heterocycles. The molecule has 0 unspecified atom stereocenters. The van der Waals surface area contributed by atoms with Crippen molar-refractivity contribution in [2.75, 3.05) is 6.16 Å². The Bertz CT molecular complexity index is 648. The first-order chi connectivity index (χ1) is 11.7. The maximum Gasteiger partial charge on any atom is 0.112 e. The number of halogens is 1. The Balaban J connectivity index is 0.00000225. The van der Waals surface area contributed by atoms with Crippen LogP contribution in [0.15, 0.2) is 91.0 Å². The number of aliphatic hydroxyl groups is 1. The maximum atomic E-state index is 9.97. The van der Waals surface area contributed by atoms with Crippen molar-refractivity contribution in [3.8, 4) is 0 Å². The van der Waals surface area contributed by atoms with Gasteiger partial charge in [0.05, 0.1) is 12.3 Å². The van der Waals surface area contributed by atoms with E-state index in [1.807, 2.05) is 6.92 Å². The zero-order valence-electron chi connectivity index (χ0n) is 14.4. The van der Waals surface area contributed by atoms with Gasteiger partial charge in [-0.2, -0.15) is 0 Å². The highest BCUT2D eigenvalue weighted by Gasteiger charge is 2.44. The third-order valence-electron chi connectivity index (χ3n) is 4.47.